The second-order valence-electron chi connectivity index (χ2n) is 4.17. The van der Waals surface area contributed by atoms with E-state index in [1.807, 2.05) is 6.92 Å². The number of hydrogen-bond donors (Lipinski definition) is 0. The zero-order chi connectivity index (χ0) is 12.7. The molecule has 5 heteroatoms. The van der Waals surface area contributed by atoms with E-state index in [9.17, 15) is 9.18 Å². The maximum atomic E-state index is 12.8. The average molecular weight is 262 g/mol. The Morgan fingerprint density at radius 3 is 2.78 bits per heavy atom. The van der Waals surface area contributed by atoms with Crippen LogP contribution in [0, 0.1) is 5.82 Å². The van der Waals surface area contributed by atoms with Gasteiger partial charge < -0.3 is 4.90 Å². The molecule has 0 aromatic heterocycles. The summed E-state index contributed by atoms with van der Waals surface area (Å²) in [5, 5.41) is 0.901. The molecule has 0 saturated heterocycles. The van der Waals surface area contributed by atoms with Crippen LogP contribution in [0.15, 0.2) is 39.9 Å². The second-order valence-corrected chi connectivity index (χ2v) is 5.15. The number of halogens is 1. The molecular formula is C13H11FN2OS. The summed E-state index contributed by atoms with van der Waals surface area (Å²) in [4.78, 5) is 19.4. The third-order valence-electron chi connectivity index (χ3n) is 3.04. The Bertz CT molecular complexity index is 577. The topological polar surface area (TPSA) is 32.7 Å². The van der Waals surface area contributed by atoms with Crippen molar-refractivity contribution in [2.75, 3.05) is 13.1 Å². The fourth-order valence-electron chi connectivity index (χ4n) is 2.06. The summed E-state index contributed by atoms with van der Waals surface area (Å²) in [5.74, 6) is -0.393. The van der Waals surface area contributed by atoms with Gasteiger partial charge in [0.1, 0.15) is 5.82 Å². The zero-order valence-corrected chi connectivity index (χ0v) is 10.6. The molecular weight excluding hydrogens is 251 g/mol. The average Bonchev–Trinajstić information content (AvgIpc) is 2.93. The molecule has 3 nitrogen and oxygen atoms in total. The van der Waals surface area contributed by atoms with Crippen LogP contribution < -0.4 is 0 Å². The van der Waals surface area contributed by atoms with Crippen LogP contribution in [0.2, 0.25) is 0 Å². The van der Waals surface area contributed by atoms with Gasteiger partial charge in [-0.3, -0.25) is 9.79 Å². The van der Waals surface area contributed by atoms with Crippen molar-refractivity contribution in [1.82, 2.24) is 4.90 Å². The maximum absolute atomic E-state index is 12.8. The van der Waals surface area contributed by atoms with Crippen LogP contribution in [-0.2, 0) is 0 Å². The van der Waals surface area contributed by atoms with Gasteiger partial charge in [-0.1, -0.05) is 0 Å². The molecule has 0 atom stereocenters. The smallest absolute Gasteiger partial charge is 0.201 e. The summed E-state index contributed by atoms with van der Waals surface area (Å²) in [6.45, 7) is 3.56. The Morgan fingerprint density at radius 1 is 1.39 bits per heavy atom. The summed E-state index contributed by atoms with van der Waals surface area (Å²) in [6, 6.07) is 5.65. The van der Waals surface area contributed by atoms with Crippen LogP contribution >= 0.6 is 11.8 Å². The third kappa shape index (κ3) is 1.75. The van der Waals surface area contributed by atoms with Crippen molar-refractivity contribution in [2.24, 2.45) is 4.99 Å². The van der Waals surface area contributed by atoms with Crippen molar-refractivity contribution in [3.8, 4) is 0 Å². The van der Waals surface area contributed by atoms with E-state index >= 15 is 0 Å². The lowest BCUT2D eigenvalue weighted by atomic mass is 10.1. The molecule has 0 aliphatic carbocycles. The standard InChI is InChI=1S/C13H11FN2OS/c1-8-12(18-13-15-6-7-16(8)13)11(17)9-2-4-10(14)5-3-9/h2-5H,6-7H2,1H3. The maximum Gasteiger partial charge on any atom is 0.201 e. The third-order valence-corrected chi connectivity index (χ3v) is 4.26. The lowest BCUT2D eigenvalue weighted by Gasteiger charge is -2.11. The number of fused-ring (bicyclic) bond motifs is 1. The number of carbonyl (C=O) groups is 1. The largest absolute Gasteiger partial charge is 0.322 e. The molecule has 1 aromatic rings. The number of hydrogen-bond acceptors (Lipinski definition) is 4. The summed E-state index contributed by atoms with van der Waals surface area (Å²) in [5.41, 5.74) is 1.46. The van der Waals surface area contributed by atoms with E-state index in [4.69, 9.17) is 0 Å². The van der Waals surface area contributed by atoms with Crippen LogP contribution in [0.4, 0.5) is 4.39 Å². The van der Waals surface area contributed by atoms with E-state index in [0.29, 0.717) is 10.5 Å². The van der Waals surface area contributed by atoms with E-state index < -0.39 is 0 Å². The molecule has 2 heterocycles. The van der Waals surface area contributed by atoms with Gasteiger partial charge in [-0.2, -0.15) is 0 Å². The number of ketones is 1. The second kappa shape index (κ2) is 4.24. The minimum atomic E-state index is -0.332. The summed E-state index contributed by atoms with van der Waals surface area (Å²) < 4.78 is 12.8. The summed E-state index contributed by atoms with van der Waals surface area (Å²) in [7, 11) is 0. The van der Waals surface area contributed by atoms with Crippen molar-refractivity contribution in [2.45, 2.75) is 6.92 Å². The Morgan fingerprint density at radius 2 is 2.11 bits per heavy atom. The highest BCUT2D eigenvalue weighted by Gasteiger charge is 2.33. The van der Waals surface area contributed by atoms with Gasteiger partial charge in [-0.15, -0.1) is 0 Å². The number of benzene rings is 1. The molecule has 0 amide bonds. The monoisotopic (exact) mass is 262 g/mol. The highest BCUT2D eigenvalue weighted by Crippen LogP contribution is 2.37. The van der Waals surface area contributed by atoms with Crippen molar-refractivity contribution >= 4 is 22.7 Å². The number of Topliss-reactive ketones (excluding diaryl/α,β-unsaturated/α-hetero) is 1. The molecule has 0 spiro atoms. The first-order valence-corrected chi connectivity index (χ1v) is 6.49. The van der Waals surface area contributed by atoms with Crippen LogP contribution in [0.3, 0.4) is 0 Å². The molecule has 0 saturated carbocycles. The van der Waals surface area contributed by atoms with E-state index in [-0.39, 0.29) is 11.6 Å². The number of rotatable bonds is 2. The van der Waals surface area contributed by atoms with Gasteiger partial charge in [-0.25, -0.2) is 4.39 Å². The van der Waals surface area contributed by atoms with Crippen molar-refractivity contribution < 1.29 is 9.18 Å². The first kappa shape index (κ1) is 11.5. The predicted molar refractivity (Wildman–Crippen MR) is 70.0 cm³/mol. The minimum Gasteiger partial charge on any atom is -0.322 e. The van der Waals surface area contributed by atoms with E-state index in [1.54, 1.807) is 0 Å². The van der Waals surface area contributed by atoms with E-state index in [2.05, 4.69) is 9.89 Å². The van der Waals surface area contributed by atoms with Gasteiger partial charge in [-0.05, 0) is 43.0 Å². The molecule has 3 rings (SSSR count). The number of allylic oxidation sites excluding steroid dienone is 2. The first-order chi connectivity index (χ1) is 8.66. The Labute approximate surface area is 108 Å². The summed E-state index contributed by atoms with van der Waals surface area (Å²) >= 11 is 1.41. The molecule has 0 radical (unpaired) electrons. The highest BCUT2D eigenvalue weighted by atomic mass is 32.2. The lowest BCUT2D eigenvalue weighted by Crippen LogP contribution is -2.19. The van der Waals surface area contributed by atoms with Crippen LogP contribution in [-0.4, -0.2) is 28.9 Å². The number of carbonyl (C=O) groups excluding carboxylic acids is 1. The first-order valence-electron chi connectivity index (χ1n) is 5.68. The van der Waals surface area contributed by atoms with Gasteiger partial charge in [0, 0.05) is 17.8 Å². The van der Waals surface area contributed by atoms with Crippen LogP contribution in [0.25, 0.3) is 0 Å². The highest BCUT2D eigenvalue weighted by molar-refractivity contribution is 8.18. The predicted octanol–water partition coefficient (Wildman–Crippen LogP) is 2.66. The van der Waals surface area contributed by atoms with Gasteiger partial charge in [0.15, 0.2) is 5.17 Å². The molecule has 2 aliphatic heterocycles. The minimum absolute atomic E-state index is 0.0606. The molecule has 0 bridgehead atoms. The number of amidine groups is 1. The Balaban J connectivity index is 1.92. The fraction of sp³-hybridized carbons (Fsp3) is 0.231. The van der Waals surface area contributed by atoms with E-state index in [0.717, 1.165) is 24.0 Å². The zero-order valence-electron chi connectivity index (χ0n) is 9.81. The normalized spacial score (nSPS) is 18.1. The summed E-state index contributed by atoms with van der Waals surface area (Å²) in [6.07, 6.45) is 0. The molecule has 0 N–H and O–H groups in total. The van der Waals surface area contributed by atoms with Crippen molar-refractivity contribution in [3.05, 3.63) is 46.2 Å². The van der Waals surface area contributed by atoms with Gasteiger partial charge in [0.25, 0.3) is 0 Å². The molecule has 1 aromatic carbocycles. The molecule has 18 heavy (non-hydrogen) atoms. The number of aliphatic imine (C=N–C) groups is 1. The van der Waals surface area contributed by atoms with Crippen molar-refractivity contribution in [3.63, 3.8) is 0 Å². The molecule has 92 valence electrons. The molecule has 0 fully saturated rings. The van der Waals surface area contributed by atoms with E-state index in [1.165, 1.54) is 36.0 Å². The fourth-order valence-corrected chi connectivity index (χ4v) is 3.20. The van der Waals surface area contributed by atoms with Crippen molar-refractivity contribution in [1.29, 1.82) is 0 Å². The number of nitrogens with zero attached hydrogens (tertiary/aromatic N) is 2. The van der Waals surface area contributed by atoms with Gasteiger partial charge in [0.05, 0.1) is 11.4 Å². The SMILES string of the molecule is CC1=C(C(=O)c2ccc(F)cc2)SC2=NCCN21. The van der Waals surface area contributed by atoms with Gasteiger partial charge >= 0.3 is 0 Å². The Kier molecular flexibility index (Phi) is 2.70. The molecule has 0 unspecified atom stereocenters. The molecule has 2 aliphatic rings. The van der Waals surface area contributed by atoms with Gasteiger partial charge in [0.2, 0.25) is 5.78 Å². The van der Waals surface area contributed by atoms with Crippen LogP contribution in [0.5, 0.6) is 0 Å². The Hall–Kier alpha value is -1.62. The van der Waals surface area contributed by atoms with Crippen LogP contribution in [0.1, 0.15) is 17.3 Å². The lowest BCUT2D eigenvalue weighted by molar-refractivity contribution is 0.104. The quantitative estimate of drug-likeness (QED) is 0.768. The number of thioether (sulfide) groups is 1.